The van der Waals surface area contributed by atoms with Crippen LogP contribution in [0.2, 0.25) is 0 Å². The summed E-state index contributed by atoms with van der Waals surface area (Å²) in [5.74, 6) is 0.127. The number of furan rings is 1. The molecule has 0 spiro atoms. The van der Waals surface area contributed by atoms with Gasteiger partial charge in [0.05, 0.1) is 17.7 Å². The van der Waals surface area contributed by atoms with Crippen LogP contribution in [0.15, 0.2) is 65.1 Å². The number of amides is 2. The first-order valence-electron chi connectivity index (χ1n) is 11.1. The van der Waals surface area contributed by atoms with Gasteiger partial charge in [0.1, 0.15) is 5.58 Å². The predicted molar refractivity (Wildman–Crippen MR) is 125 cm³/mol. The van der Waals surface area contributed by atoms with Crippen LogP contribution in [0, 0.1) is 0 Å². The third-order valence-electron chi connectivity index (χ3n) is 6.10. The summed E-state index contributed by atoms with van der Waals surface area (Å²) in [4.78, 5) is 32.6. The molecule has 0 unspecified atom stereocenters. The second-order valence-corrected chi connectivity index (χ2v) is 8.25. The first kappa shape index (κ1) is 21.2. The highest BCUT2D eigenvalue weighted by Crippen LogP contribution is 2.31. The van der Waals surface area contributed by atoms with E-state index in [4.69, 9.17) is 14.1 Å². The molecule has 1 N–H and O–H groups in total. The number of carbonyl (C=O) groups is 2. The minimum Gasteiger partial charge on any atom is -0.451 e. The number of ether oxygens (including phenoxy) is 1. The van der Waals surface area contributed by atoms with E-state index in [1.54, 1.807) is 18.1 Å². The lowest BCUT2D eigenvalue weighted by Gasteiger charge is -2.16. The molecule has 1 aliphatic rings. The fourth-order valence-electron chi connectivity index (χ4n) is 4.38. The molecule has 0 aliphatic carbocycles. The summed E-state index contributed by atoms with van der Waals surface area (Å²) < 4.78 is 10.8. The zero-order valence-electron chi connectivity index (χ0n) is 18.4. The van der Waals surface area contributed by atoms with Crippen molar-refractivity contribution in [3.8, 4) is 0 Å². The summed E-state index contributed by atoms with van der Waals surface area (Å²) in [5, 5.41) is 4.63. The van der Waals surface area contributed by atoms with Gasteiger partial charge in [0.2, 0.25) is 0 Å². The van der Waals surface area contributed by atoms with E-state index < -0.39 is 0 Å². The Hall–Kier alpha value is -3.71. The smallest absolute Gasteiger partial charge is 0.289 e. The number of hydrogen-bond acceptors (Lipinski definition) is 5. The van der Waals surface area contributed by atoms with Crippen molar-refractivity contribution < 1.29 is 18.7 Å². The standard InChI is InChI=1S/C26H25N3O4/c1-32-13-11-27-25(30)20-15-22(28-21-8-4-3-7-19(20)21)18-10-12-29(16-18)26(31)24-14-17-6-2-5-9-23(17)33-24/h2-9,14-15,18H,10-13,16H2,1H3,(H,27,30)/t18-/m0/s1. The number of para-hydroxylation sites is 2. The zero-order valence-corrected chi connectivity index (χ0v) is 18.4. The van der Waals surface area contributed by atoms with Gasteiger partial charge in [0, 0.05) is 49.1 Å². The van der Waals surface area contributed by atoms with E-state index in [0.29, 0.717) is 43.1 Å². The molecular weight excluding hydrogens is 418 g/mol. The van der Waals surface area contributed by atoms with E-state index in [2.05, 4.69) is 5.32 Å². The average Bonchev–Trinajstić information content (AvgIpc) is 3.50. The molecular formula is C26H25N3O4. The molecule has 1 aliphatic heterocycles. The van der Waals surface area contributed by atoms with Gasteiger partial charge in [-0.2, -0.15) is 0 Å². The molecule has 0 saturated carbocycles. The average molecular weight is 444 g/mol. The minimum atomic E-state index is -0.153. The van der Waals surface area contributed by atoms with Crippen LogP contribution in [0.4, 0.5) is 0 Å². The normalized spacial score (nSPS) is 15.9. The van der Waals surface area contributed by atoms with Gasteiger partial charge in [-0.25, -0.2) is 0 Å². The third-order valence-corrected chi connectivity index (χ3v) is 6.10. The number of nitrogens with one attached hydrogen (secondary N) is 1. The zero-order chi connectivity index (χ0) is 22.8. The van der Waals surface area contributed by atoms with Crippen molar-refractivity contribution in [2.45, 2.75) is 12.3 Å². The van der Waals surface area contributed by atoms with E-state index in [1.165, 1.54) is 0 Å². The molecule has 2 aromatic heterocycles. The Morgan fingerprint density at radius 3 is 2.82 bits per heavy atom. The lowest BCUT2D eigenvalue weighted by Crippen LogP contribution is -2.28. The Morgan fingerprint density at radius 1 is 1.15 bits per heavy atom. The highest BCUT2D eigenvalue weighted by Gasteiger charge is 2.31. The Morgan fingerprint density at radius 2 is 1.97 bits per heavy atom. The molecule has 0 bridgehead atoms. The van der Waals surface area contributed by atoms with Crippen LogP contribution in [-0.4, -0.2) is 55.0 Å². The summed E-state index contributed by atoms with van der Waals surface area (Å²) in [6.07, 6.45) is 0.780. The van der Waals surface area contributed by atoms with E-state index in [1.807, 2.05) is 54.6 Å². The fourth-order valence-corrected chi connectivity index (χ4v) is 4.38. The van der Waals surface area contributed by atoms with Gasteiger partial charge < -0.3 is 19.4 Å². The number of pyridine rings is 1. The summed E-state index contributed by atoms with van der Waals surface area (Å²) in [7, 11) is 1.60. The van der Waals surface area contributed by atoms with E-state index in [0.717, 1.165) is 28.4 Å². The van der Waals surface area contributed by atoms with Gasteiger partial charge in [-0.15, -0.1) is 0 Å². The number of nitrogens with zero attached hydrogens (tertiary/aromatic N) is 2. The quantitative estimate of drug-likeness (QED) is 0.456. The van der Waals surface area contributed by atoms with Gasteiger partial charge in [0.25, 0.3) is 11.8 Å². The van der Waals surface area contributed by atoms with Crippen molar-refractivity contribution in [2.75, 3.05) is 33.4 Å². The summed E-state index contributed by atoms with van der Waals surface area (Å²) >= 11 is 0. The van der Waals surface area contributed by atoms with Crippen molar-refractivity contribution in [2.24, 2.45) is 0 Å². The van der Waals surface area contributed by atoms with Gasteiger partial charge >= 0.3 is 0 Å². The molecule has 168 valence electrons. The van der Waals surface area contributed by atoms with Crippen molar-refractivity contribution in [3.63, 3.8) is 0 Å². The first-order chi connectivity index (χ1) is 16.1. The Labute approximate surface area is 191 Å². The Balaban J connectivity index is 1.39. The Kier molecular flexibility index (Phi) is 5.79. The molecule has 7 nitrogen and oxygen atoms in total. The van der Waals surface area contributed by atoms with Crippen molar-refractivity contribution >= 4 is 33.7 Å². The number of methoxy groups -OCH3 is 1. The number of hydrogen-bond donors (Lipinski definition) is 1. The maximum absolute atomic E-state index is 13.1. The molecule has 33 heavy (non-hydrogen) atoms. The third kappa shape index (κ3) is 4.19. The number of rotatable bonds is 6. The van der Waals surface area contributed by atoms with Crippen LogP contribution in [0.3, 0.4) is 0 Å². The Bertz CT molecular complexity index is 1300. The number of likely N-dealkylation sites (tertiary alicyclic amines) is 1. The molecule has 0 radical (unpaired) electrons. The van der Waals surface area contributed by atoms with Gasteiger partial charge in [-0.3, -0.25) is 14.6 Å². The summed E-state index contributed by atoms with van der Waals surface area (Å²) in [6, 6.07) is 18.9. The van der Waals surface area contributed by atoms with Gasteiger partial charge in [0.15, 0.2) is 5.76 Å². The lowest BCUT2D eigenvalue weighted by atomic mass is 9.99. The monoisotopic (exact) mass is 443 g/mol. The second-order valence-electron chi connectivity index (χ2n) is 8.25. The fraction of sp³-hybridized carbons (Fsp3) is 0.269. The molecule has 1 atom stereocenters. The summed E-state index contributed by atoms with van der Waals surface area (Å²) in [6.45, 7) is 2.03. The molecule has 2 amide bonds. The van der Waals surface area contributed by atoms with Crippen LogP contribution in [0.5, 0.6) is 0 Å². The van der Waals surface area contributed by atoms with Crippen LogP contribution >= 0.6 is 0 Å². The van der Waals surface area contributed by atoms with Crippen LogP contribution < -0.4 is 5.32 Å². The van der Waals surface area contributed by atoms with Crippen molar-refractivity contribution in [3.05, 3.63) is 77.7 Å². The number of carbonyl (C=O) groups excluding carboxylic acids is 2. The van der Waals surface area contributed by atoms with Crippen molar-refractivity contribution in [1.82, 2.24) is 15.2 Å². The van der Waals surface area contributed by atoms with E-state index in [-0.39, 0.29) is 17.7 Å². The maximum atomic E-state index is 13.1. The van der Waals surface area contributed by atoms with Crippen molar-refractivity contribution in [1.29, 1.82) is 0 Å². The highest BCUT2D eigenvalue weighted by atomic mass is 16.5. The van der Waals surface area contributed by atoms with Crippen LogP contribution in [0.1, 0.15) is 38.9 Å². The number of aromatic nitrogens is 1. The first-order valence-corrected chi connectivity index (χ1v) is 11.1. The molecule has 5 rings (SSSR count). The van der Waals surface area contributed by atoms with E-state index >= 15 is 0 Å². The largest absolute Gasteiger partial charge is 0.451 e. The molecule has 4 aromatic rings. The molecule has 7 heteroatoms. The molecule has 3 heterocycles. The number of benzene rings is 2. The second kappa shape index (κ2) is 9.03. The molecule has 1 fully saturated rings. The maximum Gasteiger partial charge on any atom is 0.289 e. The minimum absolute atomic E-state index is 0.0495. The van der Waals surface area contributed by atoms with Gasteiger partial charge in [-0.1, -0.05) is 36.4 Å². The SMILES string of the molecule is COCCNC(=O)c1cc([C@H]2CCN(C(=O)c3cc4ccccc4o3)C2)nc2ccccc12. The van der Waals surface area contributed by atoms with Gasteiger partial charge in [-0.05, 0) is 30.7 Å². The molecule has 1 saturated heterocycles. The predicted octanol–water partition coefficient (Wildman–Crippen LogP) is 3.99. The molecule has 2 aromatic carbocycles. The van der Waals surface area contributed by atoms with Crippen LogP contribution in [0.25, 0.3) is 21.9 Å². The van der Waals surface area contributed by atoms with Crippen LogP contribution in [-0.2, 0) is 4.74 Å². The highest BCUT2D eigenvalue weighted by molar-refractivity contribution is 6.06. The lowest BCUT2D eigenvalue weighted by molar-refractivity contribution is 0.0761. The van der Waals surface area contributed by atoms with E-state index in [9.17, 15) is 9.59 Å². The topological polar surface area (TPSA) is 84.7 Å². The summed E-state index contributed by atoms with van der Waals surface area (Å²) in [5.41, 5.74) is 2.89. The number of fused-ring (bicyclic) bond motifs is 2.